The van der Waals surface area contributed by atoms with E-state index in [4.69, 9.17) is 0 Å². The van der Waals surface area contributed by atoms with Gasteiger partial charge in [-0.25, -0.2) is 19.3 Å². The van der Waals surface area contributed by atoms with Gasteiger partial charge in [0.25, 0.3) is 5.91 Å². The Bertz CT molecular complexity index is 776. The molecule has 0 aliphatic rings. The first kappa shape index (κ1) is 12.2. The molecule has 0 radical (unpaired) electrons. The van der Waals surface area contributed by atoms with Gasteiger partial charge >= 0.3 is 0 Å². The molecule has 6 heteroatoms. The van der Waals surface area contributed by atoms with E-state index in [1.807, 2.05) is 0 Å². The van der Waals surface area contributed by atoms with Gasteiger partial charge in [-0.3, -0.25) is 4.79 Å². The van der Waals surface area contributed by atoms with Crippen molar-refractivity contribution in [2.75, 3.05) is 5.32 Å². The summed E-state index contributed by atoms with van der Waals surface area (Å²) in [6.45, 7) is 0. The highest BCUT2D eigenvalue weighted by atomic mass is 19.1. The Morgan fingerprint density at radius 2 is 2.05 bits per heavy atom. The summed E-state index contributed by atoms with van der Waals surface area (Å²) in [6.07, 6.45) is 2.83. The first-order chi connectivity index (χ1) is 9.74. The summed E-state index contributed by atoms with van der Waals surface area (Å²) in [4.78, 5) is 23.7. The predicted molar refractivity (Wildman–Crippen MR) is 71.7 cm³/mol. The molecular formula is C14H9FN4O. The van der Waals surface area contributed by atoms with Crippen molar-refractivity contribution in [1.82, 2.24) is 15.0 Å². The lowest BCUT2D eigenvalue weighted by Crippen LogP contribution is -2.14. The van der Waals surface area contributed by atoms with E-state index in [0.717, 1.165) is 0 Å². The molecule has 2 aromatic heterocycles. The highest BCUT2D eigenvalue weighted by Gasteiger charge is 2.10. The Morgan fingerprint density at radius 3 is 2.85 bits per heavy atom. The Hall–Kier alpha value is -2.89. The lowest BCUT2D eigenvalue weighted by atomic mass is 10.2. The van der Waals surface area contributed by atoms with E-state index in [1.165, 1.54) is 24.7 Å². The van der Waals surface area contributed by atoms with E-state index in [2.05, 4.69) is 20.3 Å². The number of nitrogens with one attached hydrogen (secondary N) is 1. The summed E-state index contributed by atoms with van der Waals surface area (Å²) in [5.41, 5.74) is 0.295. The third-order valence-electron chi connectivity index (χ3n) is 2.73. The van der Waals surface area contributed by atoms with Crippen LogP contribution in [0, 0.1) is 5.82 Å². The zero-order valence-electron chi connectivity index (χ0n) is 10.2. The Morgan fingerprint density at radius 1 is 1.15 bits per heavy atom. The van der Waals surface area contributed by atoms with Crippen LogP contribution in [0.4, 0.5) is 10.2 Å². The first-order valence-corrected chi connectivity index (χ1v) is 5.87. The van der Waals surface area contributed by atoms with Crippen molar-refractivity contribution in [3.63, 3.8) is 0 Å². The maximum Gasteiger partial charge on any atom is 0.275 e. The van der Waals surface area contributed by atoms with E-state index in [9.17, 15) is 9.18 Å². The van der Waals surface area contributed by atoms with Gasteiger partial charge in [0.05, 0.1) is 0 Å². The third-order valence-corrected chi connectivity index (χ3v) is 2.73. The number of pyridine rings is 1. The molecule has 3 rings (SSSR count). The SMILES string of the molecule is O=C(Nc1ccncn1)c1ccc2cccc(F)c2n1. The summed E-state index contributed by atoms with van der Waals surface area (Å²) in [5.74, 6) is -0.548. The molecule has 0 aliphatic carbocycles. The molecule has 0 saturated carbocycles. The number of fused-ring (bicyclic) bond motifs is 1. The smallest absolute Gasteiger partial charge is 0.275 e. The van der Waals surface area contributed by atoms with Gasteiger partial charge in [0, 0.05) is 11.6 Å². The van der Waals surface area contributed by atoms with Gasteiger partial charge in [-0.2, -0.15) is 0 Å². The topological polar surface area (TPSA) is 67.8 Å². The lowest BCUT2D eigenvalue weighted by molar-refractivity contribution is 0.102. The van der Waals surface area contributed by atoms with Crippen LogP contribution in [0.25, 0.3) is 10.9 Å². The molecule has 1 amide bonds. The third kappa shape index (κ3) is 2.31. The minimum atomic E-state index is -0.459. The molecule has 1 aromatic carbocycles. The van der Waals surface area contributed by atoms with E-state index in [-0.39, 0.29) is 11.2 Å². The molecule has 0 fully saturated rings. The van der Waals surface area contributed by atoms with Gasteiger partial charge in [-0.15, -0.1) is 0 Å². The van der Waals surface area contributed by atoms with Crippen LogP contribution in [-0.4, -0.2) is 20.9 Å². The number of anilines is 1. The van der Waals surface area contributed by atoms with Gasteiger partial charge in [0.15, 0.2) is 0 Å². The van der Waals surface area contributed by atoms with Crippen LogP contribution >= 0.6 is 0 Å². The molecule has 98 valence electrons. The number of halogens is 1. The van der Waals surface area contributed by atoms with Crippen molar-refractivity contribution in [3.05, 3.63) is 60.4 Å². The quantitative estimate of drug-likeness (QED) is 0.775. The molecule has 20 heavy (non-hydrogen) atoms. The van der Waals surface area contributed by atoms with Crippen molar-refractivity contribution < 1.29 is 9.18 Å². The van der Waals surface area contributed by atoms with Crippen LogP contribution in [0.3, 0.4) is 0 Å². The van der Waals surface area contributed by atoms with Gasteiger partial charge in [0.1, 0.15) is 29.2 Å². The number of amides is 1. The molecule has 0 spiro atoms. The highest BCUT2D eigenvalue weighted by molar-refractivity contribution is 6.03. The maximum absolute atomic E-state index is 13.6. The zero-order valence-corrected chi connectivity index (χ0v) is 10.2. The van der Waals surface area contributed by atoms with Crippen LogP contribution in [0.2, 0.25) is 0 Å². The van der Waals surface area contributed by atoms with Gasteiger partial charge in [-0.1, -0.05) is 18.2 Å². The van der Waals surface area contributed by atoms with Crippen molar-refractivity contribution >= 4 is 22.6 Å². The molecule has 1 N–H and O–H groups in total. The van der Waals surface area contributed by atoms with Crippen molar-refractivity contribution in [3.8, 4) is 0 Å². The van der Waals surface area contributed by atoms with E-state index < -0.39 is 11.7 Å². The van der Waals surface area contributed by atoms with Crippen molar-refractivity contribution in [1.29, 1.82) is 0 Å². The van der Waals surface area contributed by atoms with E-state index in [0.29, 0.717) is 11.2 Å². The molecule has 0 unspecified atom stereocenters. The number of carbonyl (C=O) groups excluding carboxylic acids is 1. The summed E-state index contributed by atoms with van der Waals surface area (Å²) in [6, 6.07) is 9.39. The monoisotopic (exact) mass is 268 g/mol. The molecule has 2 heterocycles. The standard InChI is InChI=1S/C14H9FN4O/c15-10-3-1-2-9-4-5-11(18-13(9)10)14(20)19-12-6-7-16-8-17-12/h1-8H,(H,16,17,19,20). The summed E-state index contributed by atoms with van der Waals surface area (Å²) < 4.78 is 13.6. The lowest BCUT2D eigenvalue weighted by Gasteiger charge is -2.04. The second kappa shape index (κ2) is 5.00. The average Bonchev–Trinajstić information content (AvgIpc) is 2.48. The molecule has 0 aliphatic heterocycles. The number of hydrogen-bond acceptors (Lipinski definition) is 4. The van der Waals surface area contributed by atoms with Crippen LogP contribution in [0.15, 0.2) is 48.9 Å². The van der Waals surface area contributed by atoms with Crippen LogP contribution in [0.1, 0.15) is 10.5 Å². The Kier molecular flexibility index (Phi) is 3.04. The Labute approximate surface area is 113 Å². The van der Waals surface area contributed by atoms with Gasteiger partial charge < -0.3 is 5.32 Å². The number of nitrogens with zero attached hydrogens (tertiary/aromatic N) is 3. The molecule has 5 nitrogen and oxygen atoms in total. The molecule has 0 saturated heterocycles. The number of benzene rings is 1. The second-order valence-electron chi connectivity index (χ2n) is 4.06. The first-order valence-electron chi connectivity index (χ1n) is 5.87. The fourth-order valence-corrected chi connectivity index (χ4v) is 1.78. The molecular weight excluding hydrogens is 259 g/mol. The fraction of sp³-hybridized carbons (Fsp3) is 0. The molecule has 0 atom stereocenters. The number of hydrogen-bond donors (Lipinski definition) is 1. The highest BCUT2D eigenvalue weighted by Crippen LogP contribution is 2.16. The number of carbonyl (C=O) groups is 1. The minimum Gasteiger partial charge on any atom is -0.305 e. The van der Waals surface area contributed by atoms with E-state index in [1.54, 1.807) is 24.3 Å². The van der Waals surface area contributed by atoms with Crippen LogP contribution in [0.5, 0.6) is 0 Å². The summed E-state index contributed by atoms with van der Waals surface area (Å²) in [5, 5.41) is 3.21. The molecule has 3 aromatic rings. The maximum atomic E-state index is 13.6. The minimum absolute atomic E-state index is 0.126. The van der Waals surface area contributed by atoms with Crippen molar-refractivity contribution in [2.24, 2.45) is 0 Å². The van der Waals surface area contributed by atoms with E-state index >= 15 is 0 Å². The van der Waals surface area contributed by atoms with Crippen LogP contribution in [-0.2, 0) is 0 Å². The number of rotatable bonds is 2. The van der Waals surface area contributed by atoms with Crippen molar-refractivity contribution in [2.45, 2.75) is 0 Å². The Balaban J connectivity index is 1.94. The van der Waals surface area contributed by atoms with Gasteiger partial charge in [-0.05, 0) is 18.2 Å². The average molecular weight is 268 g/mol. The summed E-state index contributed by atoms with van der Waals surface area (Å²) in [7, 11) is 0. The number of aromatic nitrogens is 3. The predicted octanol–water partition coefficient (Wildman–Crippen LogP) is 2.42. The van der Waals surface area contributed by atoms with Gasteiger partial charge in [0.2, 0.25) is 0 Å². The molecule has 0 bridgehead atoms. The van der Waals surface area contributed by atoms with Crippen LogP contribution < -0.4 is 5.32 Å². The number of para-hydroxylation sites is 1. The normalized spacial score (nSPS) is 10.4. The largest absolute Gasteiger partial charge is 0.305 e. The zero-order chi connectivity index (χ0) is 13.9. The summed E-state index contributed by atoms with van der Waals surface area (Å²) >= 11 is 0. The fourth-order valence-electron chi connectivity index (χ4n) is 1.78. The second-order valence-corrected chi connectivity index (χ2v) is 4.06.